The molecule has 0 radical (unpaired) electrons. The van der Waals surface area contributed by atoms with E-state index in [-0.39, 0.29) is 24.2 Å². The Hall–Kier alpha value is -2.54. The molecule has 3 N–H and O–H groups in total. The van der Waals surface area contributed by atoms with E-state index >= 15 is 0 Å². The zero-order chi connectivity index (χ0) is 19.0. The Kier molecular flexibility index (Phi) is 4.78. The van der Waals surface area contributed by atoms with Crippen molar-refractivity contribution in [1.29, 1.82) is 0 Å². The lowest BCUT2D eigenvalue weighted by Crippen LogP contribution is -2.57. The molecule has 27 heavy (non-hydrogen) atoms. The van der Waals surface area contributed by atoms with E-state index in [0.29, 0.717) is 5.92 Å². The third-order valence-corrected chi connectivity index (χ3v) is 6.15. The lowest BCUT2D eigenvalue weighted by molar-refractivity contribution is -0.122. The number of aromatic hydroxyl groups is 1. The SMILES string of the molecule is O=C(N[C@@H]1CN2CCC1CC2)c1c2n(c3ccc(O)cc13)CCC2.O=CO. The molecule has 1 aromatic carbocycles. The van der Waals surface area contributed by atoms with Crippen molar-refractivity contribution >= 4 is 23.3 Å². The number of carboxylic acid groups (broad SMARTS) is 1. The number of rotatable bonds is 2. The summed E-state index contributed by atoms with van der Waals surface area (Å²) in [6, 6.07) is 5.66. The second-order valence-electron chi connectivity index (χ2n) is 7.60. The highest BCUT2D eigenvalue weighted by molar-refractivity contribution is 6.09. The molecule has 4 aliphatic heterocycles. The lowest BCUT2D eigenvalue weighted by Gasteiger charge is -2.44. The van der Waals surface area contributed by atoms with E-state index in [1.54, 1.807) is 12.1 Å². The Balaban J connectivity index is 0.000000565. The van der Waals surface area contributed by atoms with E-state index in [1.807, 2.05) is 6.07 Å². The van der Waals surface area contributed by atoms with Gasteiger partial charge in [-0.1, -0.05) is 0 Å². The number of nitrogens with zero attached hydrogens (tertiary/aromatic N) is 2. The van der Waals surface area contributed by atoms with E-state index in [1.165, 1.54) is 25.9 Å². The summed E-state index contributed by atoms with van der Waals surface area (Å²) in [7, 11) is 0. The van der Waals surface area contributed by atoms with Gasteiger partial charge in [-0.3, -0.25) is 9.59 Å². The van der Waals surface area contributed by atoms with Crippen LogP contribution in [0.4, 0.5) is 0 Å². The topological polar surface area (TPSA) is 94.8 Å². The minimum Gasteiger partial charge on any atom is -0.508 e. The van der Waals surface area contributed by atoms with Gasteiger partial charge in [0, 0.05) is 35.7 Å². The van der Waals surface area contributed by atoms with Crippen LogP contribution in [0.2, 0.25) is 0 Å². The summed E-state index contributed by atoms with van der Waals surface area (Å²) < 4.78 is 2.25. The predicted molar refractivity (Wildman–Crippen MR) is 101 cm³/mol. The number of carbonyl (C=O) groups is 2. The van der Waals surface area contributed by atoms with Gasteiger partial charge in [-0.15, -0.1) is 0 Å². The molecule has 7 heteroatoms. The van der Waals surface area contributed by atoms with Gasteiger partial charge in [-0.2, -0.15) is 0 Å². The molecule has 0 saturated carbocycles. The van der Waals surface area contributed by atoms with E-state index in [0.717, 1.165) is 48.1 Å². The average Bonchev–Trinajstić information content (AvgIpc) is 3.23. The summed E-state index contributed by atoms with van der Waals surface area (Å²) in [6.07, 6.45) is 4.42. The van der Waals surface area contributed by atoms with Crippen molar-refractivity contribution in [2.75, 3.05) is 19.6 Å². The molecule has 0 spiro atoms. The Morgan fingerprint density at radius 1 is 1.22 bits per heavy atom. The zero-order valence-electron chi connectivity index (χ0n) is 15.2. The molecule has 1 amide bonds. The highest BCUT2D eigenvalue weighted by atomic mass is 16.3. The number of amides is 1. The van der Waals surface area contributed by atoms with Crippen molar-refractivity contribution in [3.8, 4) is 5.75 Å². The van der Waals surface area contributed by atoms with Gasteiger partial charge in [0.05, 0.1) is 5.56 Å². The van der Waals surface area contributed by atoms with Crippen molar-refractivity contribution in [2.45, 2.75) is 38.3 Å². The number of aryl methyl sites for hydroxylation is 1. The molecule has 1 aromatic heterocycles. The van der Waals surface area contributed by atoms with Gasteiger partial charge >= 0.3 is 0 Å². The molecular weight excluding hydrogens is 346 g/mol. The minimum absolute atomic E-state index is 0.0417. The molecule has 4 aliphatic rings. The molecule has 0 aliphatic carbocycles. The van der Waals surface area contributed by atoms with Crippen LogP contribution < -0.4 is 5.32 Å². The number of hydrogen-bond acceptors (Lipinski definition) is 4. The fraction of sp³-hybridized carbons (Fsp3) is 0.500. The fourth-order valence-corrected chi connectivity index (χ4v) is 4.94. The van der Waals surface area contributed by atoms with Crippen LogP contribution in [0.3, 0.4) is 0 Å². The maximum absolute atomic E-state index is 13.1. The number of hydrogen-bond donors (Lipinski definition) is 3. The summed E-state index contributed by atoms with van der Waals surface area (Å²) in [4.78, 5) is 23.9. The number of phenolic OH excluding ortho intramolecular Hbond substituents is 1. The first-order valence-corrected chi connectivity index (χ1v) is 9.57. The number of benzene rings is 1. The molecule has 2 aromatic rings. The van der Waals surface area contributed by atoms with Crippen LogP contribution in [0.5, 0.6) is 5.75 Å². The van der Waals surface area contributed by atoms with Crippen LogP contribution in [0.1, 0.15) is 35.3 Å². The molecule has 1 atom stereocenters. The monoisotopic (exact) mass is 371 g/mol. The maximum atomic E-state index is 13.1. The molecule has 5 heterocycles. The third-order valence-electron chi connectivity index (χ3n) is 6.15. The Morgan fingerprint density at radius 2 is 1.96 bits per heavy atom. The number of carbonyl (C=O) groups excluding carboxylic acids is 1. The van der Waals surface area contributed by atoms with Gasteiger partial charge in [0.25, 0.3) is 12.4 Å². The van der Waals surface area contributed by atoms with E-state index in [9.17, 15) is 9.90 Å². The van der Waals surface area contributed by atoms with Gasteiger partial charge in [0.2, 0.25) is 0 Å². The Labute approximate surface area is 157 Å². The van der Waals surface area contributed by atoms with Gasteiger partial charge in [-0.05, 0) is 62.9 Å². The summed E-state index contributed by atoms with van der Waals surface area (Å²) >= 11 is 0. The molecule has 3 saturated heterocycles. The second-order valence-corrected chi connectivity index (χ2v) is 7.60. The number of nitrogens with one attached hydrogen (secondary N) is 1. The van der Waals surface area contributed by atoms with E-state index in [4.69, 9.17) is 9.90 Å². The standard InChI is InChI=1S/C19H23N3O2.CH2O2/c23-13-3-4-16-14(10-13)18(17-2-1-7-22(16)17)19(24)20-15-11-21-8-5-12(15)6-9-21;2-1-3/h3-4,10,12,15,23H,1-2,5-9,11H2,(H,20,24);1H,(H,2,3)/t15-;/m1./s1. The van der Waals surface area contributed by atoms with Gasteiger partial charge in [0.15, 0.2) is 0 Å². The second kappa shape index (κ2) is 7.23. The number of piperidine rings is 3. The molecular formula is C20H25N3O4. The first-order valence-electron chi connectivity index (χ1n) is 9.57. The third kappa shape index (κ3) is 3.16. The number of fused-ring (bicyclic) bond motifs is 6. The smallest absolute Gasteiger partial charge is 0.290 e. The van der Waals surface area contributed by atoms with Crippen LogP contribution in [-0.4, -0.2) is 57.7 Å². The van der Waals surface area contributed by atoms with Crippen molar-refractivity contribution in [3.05, 3.63) is 29.5 Å². The predicted octanol–water partition coefficient (Wildman–Crippen LogP) is 1.82. The summed E-state index contributed by atoms with van der Waals surface area (Å²) in [5, 5.41) is 21.0. The number of aromatic nitrogens is 1. The van der Waals surface area contributed by atoms with E-state index < -0.39 is 0 Å². The molecule has 2 bridgehead atoms. The molecule has 6 rings (SSSR count). The zero-order valence-corrected chi connectivity index (χ0v) is 15.2. The van der Waals surface area contributed by atoms with Crippen molar-refractivity contribution in [2.24, 2.45) is 5.92 Å². The molecule has 7 nitrogen and oxygen atoms in total. The highest BCUT2D eigenvalue weighted by Gasteiger charge is 2.36. The van der Waals surface area contributed by atoms with Gasteiger partial charge < -0.3 is 25.0 Å². The molecule has 3 fully saturated rings. The fourth-order valence-electron chi connectivity index (χ4n) is 4.94. The average molecular weight is 371 g/mol. The van der Waals surface area contributed by atoms with Crippen LogP contribution >= 0.6 is 0 Å². The van der Waals surface area contributed by atoms with Crippen LogP contribution in [-0.2, 0) is 17.8 Å². The Morgan fingerprint density at radius 3 is 2.63 bits per heavy atom. The first-order chi connectivity index (χ1) is 13.1. The molecule has 144 valence electrons. The lowest BCUT2D eigenvalue weighted by atomic mass is 9.84. The van der Waals surface area contributed by atoms with Gasteiger partial charge in [-0.25, -0.2) is 0 Å². The van der Waals surface area contributed by atoms with Crippen molar-refractivity contribution in [1.82, 2.24) is 14.8 Å². The maximum Gasteiger partial charge on any atom is 0.290 e. The van der Waals surface area contributed by atoms with Gasteiger partial charge in [0.1, 0.15) is 5.75 Å². The highest BCUT2D eigenvalue weighted by Crippen LogP contribution is 2.34. The van der Waals surface area contributed by atoms with Crippen LogP contribution in [0.25, 0.3) is 10.9 Å². The van der Waals surface area contributed by atoms with Crippen LogP contribution in [0.15, 0.2) is 18.2 Å². The minimum atomic E-state index is -0.250. The Bertz CT molecular complexity index is 868. The first kappa shape index (κ1) is 17.9. The van der Waals surface area contributed by atoms with Crippen molar-refractivity contribution < 1.29 is 19.8 Å². The van der Waals surface area contributed by atoms with Crippen LogP contribution in [0, 0.1) is 5.92 Å². The van der Waals surface area contributed by atoms with E-state index in [2.05, 4.69) is 14.8 Å². The normalized spacial score (nSPS) is 25.6. The largest absolute Gasteiger partial charge is 0.508 e. The summed E-state index contributed by atoms with van der Waals surface area (Å²) in [5.74, 6) is 0.887. The summed E-state index contributed by atoms with van der Waals surface area (Å²) in [6.45, 7) is 4.05. The van der Waals surface area contributed by atoms with Crippen molar-refractivity contribution in [3.63, 3.8) is 0 Å². The molecule has 0 unspecified atom stereocenters. The summed E-state index contributed by atoms with van der Waals surface area (Å²) in [5.41, 5.74) is 2.99. The quantitative estimate of drug-likeness (QED) is 0.700. The number of phenols is 1.